The molecule has 0 N–H and O–H groups in total. The van der Waals surface area contributed by atoms with Crippen LogP contribution < -0.4 is 0 Å². The maximum Gasteiger partial charge on any atom is 0 e. The molecule has 0 aromatic rings. The highest BCUT2D eigenvalue weighted by atomic mass is 13.0. The fraction of sp³-hybridized carbons (Fsp3) is 1.00. The molecule has 58 valence electrons. The summed E-state index contributed by atoms with van der Waals surface area (Å²) in [5.74, 6) is 0. The molecule has 0 bridgehead atoms. The van der Waals surface area contributed by atoms with Crippen molar-refractivity contribution in [1.82, 2.24) is 0 Å². The van der Waals surface area contributed by atoms with E-state index in [9.17, 15) is 0 Å². The second kappa shape index (κ2) is 0. The lowest BCUT2D eigenvalue weighted by atomic mass is 11.0. The van der Waals surface area contributed by atoms with Crippen molar-refractivity contribution < 1.29 is 1.43 Å². The van der Waals surface area contributed by atoms with E-state index < -0.39 is 0 Å². The monoisotopic (exact) mass is 123 g/mol. The average molecular weight is 123 g/mol. The highest BCUT2D eigenvalue weighted by molar-refractivity contribution is 3.51. The predicted octanol–water partition coefficient (Wildman–Crippen LogP) is 4.35. The van der Waals surface area contributed by atoms with Crippen LogP contribution in [0.15, 0.2) is 0 Å². The molecular formula is C8H26. The van der Waals surface area contributed by atoms with Gasteiger partial charge in [-0.25, -0.2) is 0 Å². The van der Waals surface area contributed by atoms with E-state index in [1.54, 1.807) is 0 Å². The van der Waals surface area contributed by atoms with E-state index in [1.807, 2.05) is 55.4 Å². The third kappa shape index (κ3) is 0. The molecule has 0 aliphatic carbocycles. The van der Waals surface area contributed by atoms with Crippen LogP contribution in [0, 0.1) is 0 Å². The van der Waals surface area contributed by atoms with Crippen LogP contribution in [0.25, 0.3) is 0 Å². The summed E-state index contributed by atoms with van der Waals surface area (Å²) in [7, 11) is 0. The number of hydrogen-bond donors (Lipinski definition) is 0. The van der Waals surface area contributed by atoms with E-state index >= 15 is 0 Å². The summed E-state index contributed by atoms with van der Waals surface area (Å²) in [6.07, 6.45) is 0. The summed E-state index contributed by atoms with van der Waals surface area (Å²) >= 11 is 0. The average Bonchev–Trinajstić information content (AvgIpc) is 2.03. The summed E-state index contributed by atoms with van der Waals surface area (Å²) in [6, 6.07) is 0. The molecular weight excluding hydrogens is 96.1 g/mol. The molecule has 0 saturated carbocycles. The highest BCUT2D eigenvalue weighted by Gasteiger charge is 0.938. The Balaban J connectivity index is -0.00000000762. The molecule has 0 radical (unpaired) electrons. The molecule has 0 amide bonds. The summed E-state index contributed by atoms with van der Waals surface area (Å²) in [5, 5.41) is 0. The SMILES string of the molecule is CC.CC.CC.CC.[2HH]. The van der Waals surface area contributed by atoms with Gasteiger partial charge < -0.3 is 0 Å². The molecule has 0 heterocycles. The third-order valence-corrected chi connectivity index (χ3v) is 0. The van der Waals surface area contributed by atoms with Crippen molar-refractivity contribution in [3.8, 4) is 0 Å². The van der Waals surface area contributed by atoms with Gasteiger partial charge in [-0.2, -0.15) is 0 Å². The Hall–Kier alpha value is 0. The molecule has 0 nitrogen and oxygen atoms in total. The molecule has 0 fully saturated rings. The van der Waals surface area contributed by atoms with Crippen molar-refractivity contribution in [2.45, 2.75) is 55.4 Å². The van der Waals surface area contributed by atoms with Crippen LogP contribution in [-0.2, 0) is 0 Å². The first-order valence-corrected chi connectivity index (χ1v) is 4.00. The van der Waals surface area contributed by atoms with E-state index in [2.05, 4.69) is 0 Å². The molecule has 0 aliphatic rings. The van der Waals surface area contributed by atoms with Gasteiger partial charge in [0, 0.05) is 1.43 Å². The van der Waals surface area contributed by atoms with Gasteiger partial charge in [0.25, 0.3) is 0 Å². The first-order valence-electron chi connectivity index (χ1n) is 4.00. The number of rotatable bonds is 0. The van der Waals surface area contributed by atoms with E-state index in [4.69, 9.17) is 0 Å². The molecule has 0 saturated heterocycles. The summed E-state index contributed by atoms with van der Waals surface area (Å²) in [6.45, 7) is 16.0. The quantitative estimate of drug-likeness (QED) is 0.449. The van der Waals surface area contributed by atoms with Crippen LogP contribution >= 0.6 is 0 Å². The minimum absolute atomic E-state index is 0. The van der Waals surface area contributed by atoms with Crippen LogP contribution in [0.1, 0.15) is 56.8 Å². The molecule has 0 atom stereocenters. The van der Waals surface area contributed by atoms with Crippen LogP contribution in [0.4, 0.5) is 0 Å². The van der Waals surface area contributed by atoms with Crippen LogP contribution in [0.3, 0.4) is 0 Å². The topological polar surface area (TPSA) is 0 Å². The van der Waals surface area contributed by atoms with Gasteiger partial charge >= 0.3 is 0 Å². The van der Waals surface area contributed by atoms with E-state index in [0.717, 1.165) is 0 Å². The van der Waals surface area contributed by atoms with Crippen LogP contribution in [0.5, 0.6) is 0 Å². The summed E-state index contributed by atoms with van der Waals surface area (Å²) in [4.78, 5) is 0. The lowest BCUT2D eigenvalue weighted by Gasteiger charge is -1.07. The van der Waals surface area contributed by atoms with Crippen molar-refractivity contribution in [3.63, 3.8) is 0 Å². The molecule has 8 heavy (non-hydrogen) atoms. The van der Waals surface area contributed by atoms with Crippen molar-refractivity contribution >= 4 is 0 Å². The number of hydrogen-bond acceptors (Lipinski definition) is 0. The fourth-order valence-corrected chi connectivity index (χ4v) is 0. The molecule has 0 aromatic carbocycles. The summed E-state index contributed by atoms with van der Waals surface area (Å²) in [5.41, 5.74) is 0. The van der Waals surface area contributed by atoms with Crippen molar-refractivity contribution in [2.24, 2.45) is 0 Å². The Kier molecular flexibility index (Phi) is 0. The molecule has 0 aromatic heterocycles. The maximum atomic E-state index is 2.00. The second-order valence-corrected chi connectivity index (χ2v) is 0. The molecule has 0 aliphatic heterocycles. The third-order valence-electron chi connectivity index (χ3n) is 0. The minimum atomic E-state index is 0. The Morgan fingerprint density at radius 1 is 0.375 bits per heavy atom. The second-order valence-electron chi connectivity index (χ2n) is 0. The van der Waals surface area contributed by atoms with E-state index in [-0.39, 0.29) is 1.43 Å². The van der Waals surface area contributed by atoms with Crippen molar-refractivity contribution in [3.05, 3.63) is 0 Å². The lowest BCUT2D eigenvalue weighted by molar-refractivity contribution is 1.50. The largest absolute Gasteiger partial charge is 0.0683 e. The van der Waals surface area contributed by atoms with Crippen LogP contribution in [0.2, 0.25) is 0 Å². The Labute approximate surface area is 57.8 Å². The van der Waals surface area contributed by atoms with Gasteiger partial charge in [-0.05, 0) is 0 Å². The standard InChI is InChI=1S/4C2H6.H2/c4*1-2;/h4*1-2H3;1H/i;;;;1+1. The van der Waals surface area contributed by atoms with Gasteiger partial charge in [0.2, 0.25) is 0 Å². The zero-order chi connectivity index (χ0) is 8.00. The normalized spacial score (nSPS) is 3.00. The van der Waals surface area contributed by atoms with Crippen molar-refractivity contribution in [1.29, 1.82) is 0 Å². The Morgan fingerprint density at radius 3 is 0.375 bits per heavy atom. The van der Waals surface area contributed by atoms with Gasteiger partial charge in [0.1, 0.15) is 0 Å². The van der Waals surface area contributed by atoms with E-state index in [1.165, 1.54) is 0 Å². The van der Waals surface area contributed by atoms with Gasteiger partial charge in [0.05, 0.1) is 0 Å². The fourth-order valence-electron chi connectivity index (χ4n) is 0. The zero-order valence-corrected chi connectivity index (χ0v) is 8.00. The predicted molar refractivity (Wildman–Crippen MR) is 47.5 cm³/mol. The molecule has 0 unspecified atom stereocenters. The first-order chi connectivity index (χ1) is 4.00. The van der Waals surface area contributed by atoms with Crippen molar-refractivity contribution in [2.75, 3.05) is 0 Å². The Bertz CT molecular complexity index is 4.53. The zero-order valence-electron chi connectivity index (χ0n) is 8.00. The van der Waals surface area contributed by atoms with Crippen LogP contribution in [-0.4, -0.2) is 0 Å². The van der Waals surface area contributed by atoms with Gasteiger partial charge in [-0.1, -0.05) is 55.4 Å². The van der Waals surface area contributed by atoms with E-state index in [0.29, 0.717) is 0 Å². The van der Waals surface area contributed by atoms with Gasteiger partial charge in [0.15, 0.2) is 0 Å². The smallest absolute Gasteiger partial charge is 0 e. The lowest BCUT2D eigenvalue weighted by Crippen LogP contribution is -0.856. The minimum Gasteiger partial charge on any atom is -0.0683 e. The first kappa shape index (κ1) is 24.5. The van der Waals surface area contributed by atoms with Gasteiger partial charge in [-0.3, -0.25) is 0 Å². The highest BCUT2D eigenvalue weighted by Crippen LogP contribution is 1.15. The van der Waals surface area contributed by atoms with Gasteiger partial charge in [-0.15, -0.1) is 0 Å². The maximum absolute atomic E-state index is 2.00. The summed E-state index contributed by atoms with van der Waals surface area (Å²) < 4.78 is 0. The molecule has 0 heteroatoms. The molecule has 0 rings (SSSR count). The Morgan fingerprint density at radius 2 is 0.375 bits per heavy atom. The molecule has 0 spiro atoms.